The number of allylic oxidation sites excluding steroid dienone is 1. The third-order valence-electron chi connectivity index (χ3n) is 1.90. The highest BCUT2D eigenvalue weighted by atomic mass is 35.5. The Morgan fingerprint density at radius 3 is 2.83 bits per heavy atom. The van der Waals surface area contributed by atoms with Gasteiger partial charge in [-0.1, -0.05) is 29.8 Å². The van der Waals surface area contributed by atoms with Crippen molar-refractivity contribution in [2.75, 3.05) is 0 Å². The van der Waals surface area contributed by atoms with Gasteiger partial charge in [0.1, 0.15) is 11.5 Å². The molecular formula is C11H12Cl2N4O. The molecule has 0 aromatic carbocycles. The second-order valence-corrected chi connectivity index (χ2v) is 4.31. The van der Waals surface area contributed by atoms with Gasteiger partial charge < -0.3 is 5.32 Å². The van der Waals surface area contributed by atoms with Crippen LogP contribution in [0.2, 0.25) is 5.15 Å². The summed E-state index contributed by atoms with van der Waals surface area (Å²) in [7, 11) is 0. The van der Waals surface area contributed by atoms with Crippen molar-refractivity contribution >= 4 is 34.9 Å². The number of aliphatic imine (C=N–C) groups is 1. The molecule has 0 spiro atoms. The summed E-state index contributed by atoms with van der Waals surface area (Å²) in [6.07, 6.45) is 2.74. The Bertz CT molecular complexity index is 527. The highest BCUT2D eigenvalue weighted by molar-refractivity contribution is 6.30. The summed E-state index contributed by atoms with van der Waals surface area (Å²) < 4.78 is 1.33. The first-order valence-corrected chi connectivity index (χ1v) is 5.75. The van der Waals surface area contributed by atoms with E-state index >= 15 is 0 Å². The predicted molar refractivity (Wildman–Crippen MR) is 73.0 cm³/mol. The molecule has 0 aliphatic carbocycles. The van der Waals surface area contributed by atoms with Crippen molar-refractivity contribution < 1.29 is 4.79 Å². The number of hydrogen-bond acceptors (Lipinski definition) is 3. The average molecular weight is 287 g/mol. The van der Waals surface area contributed by atoms with E-state index in [0.717, 1.165) is 0 Å². The topological polar surface area (TPSA) is 59.3 Å². The Kier molecular flexibility index (Phi) is 5.12. The predicted octanol–water partition coefficient (Wildman–Crippen LogP) is 2.78. The summed E-state index contributed by atoms with van der Waals surface area (Å²) in [5, 5.41) is 7.14. The van der Waals surface area contributed by atoms with Crippen LogP contribution in [0.4, 0.5) is 0 Å². The molecule has 1 N–H and O–H groups in total. The summed E-state index contributed by atoms with van der Waals surface area (Å²) >= 11 is 11.4. The number of rotatable bonds is 3. The summed E-state index contributed by atoms with van der Waals surface area (Å²) in [5.41, 5.74) is 0.261. The fraction of sp³-hybridized carbons (Fsp3) is 0.182. The van der Waals surface area contributed by atoms with Crippen molar-refractivity contribution in [1.29, 1.82) is 0 Å². The van der Waals surface area contributed by atoms with Crippen LogP contribution in [0.25, 0.3) is 0 Å². The Labute approximate surface area is 115 Å². The Morgan fingerprint density at radius 2 is 2.28 bits per heavy atom. The van der Waals surface area contributed by atoms with Gasteiger partial charge in [-0.2, -0.15) is 5.10 Å². The first-order valence-electron chi connectivity index (χ1n) is 5.00. The number of aromatic nitrogens is 2. The van der Waals surface area contributed by atoms with Gasteiger partial charge in [0.2, 0.25) is 0 Å². The molecule has 1 heterocycles. The van der Waals surface area contributed by atoms with Crippen LogP contribution in [0.5, 0.6) is 0 Å². The highest BCUT2D eigenvalue weighted by Crippen LogP contribution is 2.10. The van der Waals surface area contributed by atoms with Crippen LogP contribution in [0, 0.1) is 0 Å². The van der Waals surface area contributed by atoms with Crippen LogP contribution >= 0.6 is 23.2 Å². The monoisotopic (exact) mass is 286 g/mol. The van der Waals surface area contributed by atoms with Crippen LogP contribution in [0.3, 0.4) is 0 Å². The Morgan fingerprint density at radius 1 is 1.61 bits per heavy atom. The number of nitrogens with one attached hydrogen (secondary N) is 1. The molecule has 1 aromatic heterocycles. The van der Waals surface area contributed by atoms with E-state index in [2.05, 4.69) is 22.0 Å². The molecule has 0 bridgehead atoms. The minimum atomic E-state index is -0.381. The van der Waals surface area contributed by atoms with Crippen molar-refractivity contribution in [3.05, 3.63) is 40.9 Å². The average Bonchev–Trinajstić information content (AvgIpc) is 2.68. The maximum atomic E-state index is 11.9. The third-order valence-corrected chi connectivity index (χ3v) is 2.19. The first-order chi connectivity index (χ1) is 8.45. The molecule has 0 aliphatic rings. The number of hydrogen-bond donors (Lipinski definition) is 1. The van der Waals surface area contributed by atoms with Gasteiger partial charge in [-0.15, -0.1) is 0 Å². The summed E-state index contributed by atoms with van der Waals surface area (Å²) in [5.74, 6) is 0.0987. The van der Waals surface area contributed by atoms with E-state index in [0.29, 0.717) is 10.9 Å². The molecule has 0 aliphatic heterocycles. The van der Waals surface area contributed by atoms with Crippen molar-refractivity contribution in [2.24, 2.45) is 4.99 Å². The van der Waals surface area contributed by atoms with E-state index in [4.69, 9.17) is 23.2 Å². The molecule has 0 saturated heterocycles. The summed E-state index contributed by atoms with van der Waals surface area (Å²) in [6.45, 7) is 6.81. The molecule has 0 fully saturated rings. The van der Waals surface area contributed by atoms with E-state index in [1.54, 1.807) is 13.8 Å². The lowest BCUT2D eigenvalue weighted by atomic mass is 10.4. The molecule has 1 amide bonds. The number of nitrogens with zero attached hydrogens (tertiary/aromatic N) is 3. The van der Waals surface area contributed by atoms with Crippen molar-refractivity contribution in [1.82, 2.24) is 15.1 Å². The second-order valence-electron chi connectivity index (χ2n) is 3.33. The minimum absolute atomic E-state index is 0.199. The lowest BCUT2D eigenvalue weighted by molar-refractivity contribution is 0.0963. The van der Waals surface area contributed by atoms with Crippen molar-refractivity contribution in [2.45, 2.75) is 13.8 Å². The zero-order valence-corrected chi connectivity index (χ0v) is 11.5. The van der Waals surface area contributed by atoms with Gasteiger partial charge in [0.05, 0.1) is 0 Å². The number of carbonyl (C=O) groups is 1. The lowest BCUT2D eigenvalue weighted by Crippen LogP contribution is -2.24. The molecule has 0 saturated carbocycles. The van der Waals surface area contributed by atoms with Crippen LogP contribution in [-0.4, -0.2) is 21.5 Å². The van der Waals surface area contributed by atoms with Crippen molar-refractivity contribution in [3.8, 4) is 0 Å². The van der Waals surface area contributed by atoms with Crippen LogP contribution in [0.1, 0.15) is 24.3 Å². The van der Waals surface area contributed by atoms with Gasteiger partial charge in [0.25, 0.3) is 5.91 Å². The fourth-order valence-electron chi connectivity index (χ4n) is 1.19. The van der Waals surface area contributed by atoms with Crippen LogP contribution < -0.4 is 5.32 Å². The normalized spacial score (nSPS) is 12.4. The van der Waals surface area contributed by atoms with E-state index in [1.807, 2.05) is 0 Å². The molecule has 5 nitrogen and oxygen atoms in total. The molecule has 0 unspecified atom stereocenters. The fourth-order valence-corrected chi connectivity index (χ4v) is 1.42. The first kappa shape index (κ1) is 14.5. The van der Waals surface area contributed by atoms with Gasteiger partial charge in [-0.25, -0.2) is 9.67 Å². The maximum Gasteiger partial charge on any atom is 0.274 e. The lowest BCUT2D eigenvalue weighted by Gasteiger charge is -2.04. The second kappa shape index (κ2) is 6.37. The van der Waals surface area contributed by atoms with Gasteiger partial charge in [-0.3, -0.25) is 4.79 Å². The standard InChI is InChI=1S/C11H12Cl2N4O/c1-4-14-8(3)17-9(5-10(13)16-17)11(18)15-6-7(2)12/h4-6H,1H2,2-3H3,(H,15,18)/b7-6-,14-8?. The van der Waals surface area contributed by atoms with Gasteiger partial charge >= 0.3 is 0 Å². The molecule has 1 rings (SSSR count). The van der Waals surface area contributed by atoms with E-state index in [9.17, 15) is 4.79 Å². The third kappa shape index (κ3) is 3.72. The van der Waals surface area contributed by atoms with E-state index in [1.165, 1.54) is 23.1 Å². The number of halogens is 2. The maximum absolute atomic E-state index is 11.9. The molecule has 7 heteroatoms. The van der Waals surface area contributed by atoms with Crippen LogP contribution in [-0.2, 0) is 0 Å². The van der Waals surface area contributed by atoms with E-state index in [-0.39, 0.29) is 16.8 Å². The highest BCUT2D eigenvalue weighted by Gasteiger charge is 2.15. The van der Waals surface area contributed by atoms with Gasteiger partial charge in [0, 0.05) is 23.5 Å². The number of amides is 1. The Hall–Kier alpha value is -1.59. The molecule has 0 atom stereocenters. The van der Waals surface area contributed by atoms with E-state index < -0.39 is 0 Å². The summed E-state index contributed by atoms with van der Waals surface area (Å²) in [4.78, 5) is 15.8. The smallest absolute Gasteiger partial charge is 0.274 e. The molecule has 0 radical (unpaired) electrons. The molecular weight excluding hydrogens is 275 g/mol. The zero-order valence-electron chi connectivity index (χ0n) is 9.94. The molecule has 1 aromatic rings. The van der Waals surface area contributed by atoms with Gasteiger partial charge in [0.15, 0.2) is 5.15 Å². The van der Waals surface area contributed by atoms with Gasteiger partial charge in [-0.05, 0) is 13.8 Å². The SMILES string of the molecule is C=CN=C(C)n1nc(Cl)cc1C(=O)N/C=C(/C)Cl. The largest absolute Gasteiger partial charge is 0.326 e. The molecule has 96 valence electrons. The summed E-state index contributed by atoms with van der Waals surface area (Å²) in [6, 6.07) is 1.44. The number of carbonyl (C=O) groups excluding carboxylic acids is 1. The quantitative estimate of drug-likeness (QED) is 0.686. The molecule has 18 heavy (non-hydrogen) atoms. The zero-order chi connectivity index (χ0) is 13.7. The van der Waals surface area contributed by atoms with Crippen LogP contribution in [0.15, 0.2) is 35.1 Å². The Balaban J connectivity index is 3.09. The van der Waals surface area contributed by atoms with Crippen molar-refractivity contribution in [3.63, 3.8) is 0 Å². The minimum Gasteiger partial charge on any atom is -0.326 e.